The maximum absolute atomic E-state index is 13.1. The van der Waals surface area contributed by atoms with E-state index in [1.165, 1.54) is 24.9 Å². The quantitative estimate of drug-likeness (QED) is 0.468. The highest BCUT2D eigenvalue weighted by atomic mass is 19.4. The van der Waals surface area contributed by atoms with Crippen LogP contribution in [0.2, 0.25) is 0 Å². The molecule has 31 heavy (non-hydrogen) atoms. The van der Waals surface area contributed by atoms with Crippen LogP contribution in [0.25, 0.3) is 10.9 Å². The van der Waals surface area contributed by atoms with Crippen molar-refractivity contribution in [2.75, 3.05) is 26.1 Å². The van der Waals surface area contributed by atoms with Crippen LogP contribution in [-0.4, -0.2) is 37.5 Å². The third-order valence-electron chi connectivity index (χ3n) is 4.71. The summed E-state index contributed by atoms with van der Waals surface area (Å²) in [7, 11) is 2.75. The Kier molecular flexibility index (Phi) is 6.44. The summed E-state index contributed by atoms with van der Waals surface area (Å²) in [5.41, 5.74) is 2.60. The van der Waals surface area contributed by atoms with E-state index in [1.54, 1.807) is 30.3 Å². The predicted octanol–water partition coefficient (Wildman–Crippen LogP) is 4.77. The highest BCUT2D eigenvalue weighted by Gasteiger charge is 2.29. The molecule has 8 heteroatoms. The van der Waals surface area contributed by atoms with Gasteiger partial charge in [-0.1, -0.05) is 18.1 Å². The molecule has 1 heterocycles. The Morgan fingerprint density at radius 1 is 1.16 bits per heavy atom. The minimum Gasteiger partial charge on any atom is -0.495 e. The standard InChI is InChI=1S/C23H21F3N2O3/c1-15-6-4-8-20-18(15)13-17(28(20)14-23(24,25)26)7-5-11-27-19-10-9-16(22(29)31-3)12-21(19)30-2/h4,6,8-10,12-13,27H,11,14H2,1-3H3. The molecule has 0 aliphatic carbocycles. The van der Waals surface area contributed by atoms with E-state index in [0.717, 1.165) is 10.9 Å². The van der Waals surface area contributed by atoms with Gasteiger partial charge >= 0.3 is 12.1 Å². The second kappa shape index (κ2) is 9.04. The normalized spacial score (nSPS) is 11.0. The summed E-state index contributed by atoms with van der Waals surface area (Å²) in [6.07, 6.45) is -4.36. The fourth-order valence-electron chi connectivity index (χ4n) is 3.24. The number of nitrogens with one attached hydrogen (secondary N) is 1. The lowest BCUT2D eigenvalue weighted by Crippen LogP contribution is -2.18. The summed E-state index contributed by atoms with van der Waals surface area (Å²) in [4.78, 5) is 11.6. The van der Waals surface area contributed by atoms with Gasteiger partial charge in [-0.25, -0.2) is 4.79 Å². The Morgan fingerprint density at radius 3 is 2.61 bits per heavy atom. The summed E-state index contributed by atoms with van der Waals surface area (Å²) in [6, 6.07) is 11.7. The summed E-state index contributed by atoms with van der Waals surface area (Å²) < 4.78 is 50.5. The number of carbonyl (C=O) groups is 1. The van der Waals surface area contributed by atoms with Gasteiger partial charge in [-0.2, -0.15) is 13.2 Å². The number of rotatable bonds is 5. The second-order valence-corrected chi connectivity index (χ2v) is 6.80. The van der Waals surface area contributed by atoms with E-state index in [4.69, 9.17) is 4.74 Å². The number of fused-ring (bicyclic) bond motifs is 1. The Bertz CT molecular complexity index is 1170. The monoisotopic (exact) mass is 430 g/mol. The van der Waals surface area contributed by atoms with E-state index >= 15 is 0 Å². The number of hydrogen-bond acceptors (Lipinski definition) is 4. The van der Waals surface area contributed by atoms with Gasteiger partial charge in [0, 0.05) is 10.9 Å². The third kappa shape index (κ3) is 5.12. The molecule has 162 valence electrons. The van der Waals surface area contributed by atoms with Gasteiger partial charge in [0.25, 0.3) is 0 Å². The molecule has 1 N–H and O–H groups in total. The number of alkyl halides is 3. The number of hydrogen-bond donors (Lipinski definition) is 1. The Labute approximate surface area is 177 Å². The number of carbonyl (C=O) groups excluding carboxylic acids is 1. The lowest BCUT2D eigenvalue weighted by Gasteiger charge is -2.11. The van der Waals surface area contributed by atoms with E-state index in [2.05, 4.69) is 21.9 Å². The smallest absolute Gasteiger partial charge is 0.406 e. The predicted molar refractivity (Wildman–Crippen MR) is 112 cm³/mol. The minimum absolute atomic E-state index is 0.167. The molecule has 5 nitrogen and oxygen atoms in total. The van der Waals surface area contributed by atoms with Gasteiger partial charge in [-0.05, 0) is 48.7 Å². The van der Waals surface area contributed by atoms with Crippen molar-refractivity contribution in [2.45, 2.75) is 19.6 Å². The highest BCUT2D eigenvalue weighted by Crippen LogP contribution is 2.28. The molecule has 0 unspecified atom stereocenters. The number of aromatic nitrogens is 1. The average molecular weight is 430 g/mol. The van der Waals surface area contributed by atoms with Gasteiger partial charge in [0.15, 0.2) is 0 Å². The van der Waals surface area contributed by atoms with Gasteiger partial charge in [0.05, 0.1) is 37.7 Å². The summed E-state index contributed by atoms with van der Waals surface area (Å²) >= 11 is 0. The molecule has 0 fully saturated rings. The average Bonchev–Trinajstić information content (AvgIpc) is 3.07. The molecule has 3 aromatic rings. The van der Waals surface area contributed by atoms with Crippen LogP contribution in [0.1, 0.15) is 21.6 Å². The van der Waals surface area contributed by atoms with Crippen LogP contribution in [-0.2, 0) is 11.3 Å². The second-order valence-electron chi connectivity index (χ2n) is 6.80. The molecule has 3 rings (SSSR count). The largest absolute Gasteiger partial charge is 0.495 e. The van der Waals surface area contributed by atoms with Crippen LogP contribution >= 0.6 is 0 Å². The van der Waals surface area contributed by atoms with Crippen molar-refractivity contribution in [3.05, 3.63) is 59.3 Å². The van der Waals surface area contributed by atoms with E-state index in [9.17, 15) is 18.0 Å². The maximum Gasteiger partial charge on any atom is 0.406 e. The molecule has 0 atom stereocenters. The number of esters is 1. The molecule has 0 aliphatic rings. The summed E-state index contributed by atoms with van der Waals surface area (Å²) in [6.45, 7) is 0.907. The molecule has 0 amide bonds. The number of aryl methyl sites for hydroxylation is 1. The van der Waals surface area contributed by atoms with Crippen molar-refractivity contribution in [2.24, 2.45) is 0 Å². The van der Waals surface area contributed by atoms with Crippen LogP contribution < -0.4 is 10.1 Å². The first-order valence-corrected chi connectivity index (χ1v) is 9.38. The zero-order chi connectivity index (χ0) is 22.6. The van der Waals surface area contributed by atoms with Crippen molar-refractivity contribution in [3.63, 3.8) is 0 Å². The SMILES string of the molecule is COC(=O)c1ccc(NCC#Cc2cc3c(C)cccc3n2CC(F)(F)F)c(OC)c1. The van der Waals surface area contributed by atoms with Crippen LogP contribution in [0.4, 0.5) is 18.9 Å². The van der Waals surface area contributed by atoms with Crippen molar-refractivity contribution in [1.82, 2.24) is 4.57 Å². The van der Waals surface area contributed by atoms with E-state index in [1.807, 2.05) is 13.0 Å². The molecule has 0 aliphatic heterocycles. The van der Waals surface area contributed by atoms with Crippen molar-refractivity contribution >= 4 is 22.6 Å². The first-order chi connectivity index (χ1) is 14.7. The summed E-state index contributed by atoms with van der Waals surface area (Å²) in [5.74, 6) is 5.63. The van der Waals surface area contributed by atoms with Gasteiger partial charge < -0.3 is 19.4 Å². The molecular formula is C23H21F3N2O3. The minimum atomic E-state index is -4.36. The number of methoxy groups -OCH3 is 2. The first-order valence-electron chi connectivity index (χ1n) is 9.38. The number of halogens is 3. The van der Waals surface area contributed by atoms with Crippen molar-refractivity contribution in [3.8, 4) is 17.6 Å². The number of nitrogens with zero attached hydrogens (tertiary/aromatic N) is 1. The van der Waals surface area contributed by atoms with Gasteiger partial charge in [-0.15, -0.1) is 0 Å². The number of anilines is 1. The number of benzene rings is 2. The molecule has 0 spiro atoms. The van der Waals surface area contributed by atoms with Crippen LogP contribution in [0.15, 0.2) is 42.5 Å². The lowest BCUT2D eigenvalue weighted by atomic mass is 10.1. The molecule has 0 saturated carbocycles. The molecule has 0 saturated heterocycles. The van der Waals surface area contributed by atoms with Gasteiger partial charge in [0.2, 0.25) is 0 Å². The van der Waals surface area contributed by atoms with Gasteiger partial charge in [0.1, 0.15) is 12.3 Å². The third-order valence-corrected chi connectivity index (χ3v) is 4.71. The Morgan fingerprint density at radius 2 is 1.94 bits per heavy atom. The molecule has 1 aromatic heterocycles. The number of ether oxygens (including phenoxy) is 2. The van der Waals surface area contributed by atoms with Crippen LogP contribution in [0.3, 0.4) is 0 Å². The Hall–Kier alpha value is -3.60. The van der Waals surface area contributed by atoms with Crippen LogP contribution in [0.5, 0.6) is 5.75 Å². The first kappa shape index (κ1) is 22.1. The van der Waals surface area contributed by atoms with Crippen LogP contribution in [0, 0.1) is 18.8 Å². The summed E-state index contributed by atoms with van der Waals surface area (Å²) in [5, 5.41) is 3.79. The fraction of sp³-hybridized carbons (Fsp3) is 0.261. The molecule has 0 bridgehead atoms. The topological polar surface area (TPSA) is 52.5 Å². The molecule has 2 aromatic carbocycles. The highest BCUT2D eigenvalue weighted by molar-refractivity contribution is 5.90. The molecule has 0 radical (unpaired) electrons. The lowest BCUT2D eigenvalue weighted by molar-refractivity contribution is -0.140. The van der Waals surface area contributed by atoms with E-state index < -0.39 is 18.7 Å². The van der Waals surface area contributed by atoms with Gasteiger partial charge in [-0.3, -0.25) is 0 Å². The maximum atomic E-state index is 13.1. The Balaban J connectivity index is 1.84. The zero-order valence-corrected chi connectivity index (χ0v) is 17.3. The van der Waals surface area contributed by atoms with E-state index in [0.29, 0.717) is 22.5 Å². The van der Waals surface area contributed by atoms with Crippen molar-refractivity contribution < 1.29 is 27.4 Å². The fourth-order valence-corrected chi connectivity index (χ4v) is 3.24. The molecular weight excluding hydrogens is 409 g/mol. The van der Waals surface area contributed by atoms with Crippen molar-refractivity contribution in [1.29, 1.82) is 0 Å². The van der Waals surface area contributed by atoms with E-state index in [-0.39, 0.29) is 12.2 Å². The zero-order valence-electron chi connectivity index (χ0n) is 17.3.